The van der Waals surface area contributed by atoms with Gasteiger partial charge >= 0.3 is 0 Å². The van der Waals surface area contributed by atoms with Crippen LogP contribution in [0.15, 0.2) is 4.79 Å². The molecular weight excluding hydrogens is 214 g/mol. The molecule has 0 aliphatic rings. The normalized spacial score (nSPS) is 10.3. The SMILES string of the molecule is CCn1c(O)c(C=N)c(=O)n(CC)c1=S. The summed E-state index contributed by atoms with van der Waals surface area (Å²) in [5.41, 5.74) is -0.438. The van der Waals surface area contributed by atoms with Crippen molar-refractivity contribution < 1.29 is 5.11 Å². The fraction of sp³-hybridized carbons (Fsp3) is 0.444. The third kappa shape index (κ3) is 1.72. The quantitative estimate of drug-likeness (QED) is 0.600. The van der Waals surface area contributed by atoms with Crippen LogP contribution in [0.25, 0.3) is 0 Å². The molecule has 0 saturated carbocycles. The summed E-state index contributed by atoms with van der Waals surface area (Å²) in [5.74, 6) is -0.229. The second-order valence-corrected chi connectivity index (χ2v) is 3.32. The lowest BCUT2D eigenvalue weighted by Gasteiger charge is -2.13. The van der Waals surface area contributed by atoms with Crippen molar-refractivity contribution in [3.63, 3.8) is 0 Å². The van der Waals surface area contributed by atoms with E-state index in [1.54, 1.807) is 6.92 Å². The lowest BCUT2D eigenvalue weighted by molar-refractivity contribution is 0.399. The first kappa shape index (κ1) is 11.6. The van der Waals surface area contributed by atoms with Crippen LogP contribution in [-0.2, 0) is 13.1 Å². The van der Waals surface area contributed by atoms with Crippen molar-refractivity contribution in [2.75, 3.05) is 0 Å². The molecule has 1 aromatic heterocycles. The van der Waals surface area contributed by atoms with E-state index in [9.17, 15) is 9.90 Å². The summed E-state index contributed by atoms with van der Waals surface area (Å²) >= 11 is 5.06. The van der Waals surface area contributed by atoms with Gasteiger partial charge in [-0.05, 0) is 26.1 Å². The minimum Gasteiger partial charge on any atom is -0.494 e. The molecule has 0 saturated heterocycles. The van der Waals surface area contributed by atoms with Crippen LogP contribution in [0, 0.1) is 10.2 Å². The van der Waals surface area contributed by atoms with Gasteiger partial charge in [-0.15, -0.1) is 0 Å². The highest BCUT2D eigenvalue weighted by molar-refractivity contribution is 7.71. The summed E-state index contributed by atoms with van der Waals surface area (Å²) < 4.78 is 3.08. The maximum absolute atomic E-state index is 11.7. The van der Waals surface area contributed by atoms with Gasteiger partial charge in [0.15, 0.2) is 4.77 Å². The molecule has 5 nitrogen and oxygen atoms in total. The van der Waals surface area contributed by atoms with Gasteiger partial charge in [-0.3, -0.25) is 13.9 Å². The summed E-state index contributed by atoms with van der Waals surface area (Å²) in [6, 6.07) is 0. The van der Waals surface area contributed by atoms with E-state index < -0.39 is 5.56 Å². The number of nitrogens with one attached hydrogen (secondary N) is 1. The number of rotatable bonds is 3. The molecule has 6 heteroatoms. The van der Waals surface area contributed by atoms with E-state index in [-0.39, 0.29) is 16.2 Å². The van der Waals surface area contributed by atoms with Crippen LogP contribution in [0.4, 0.5) is 0 Å². The zero-order valence-electron chi connectivity index (χ0n) is 8.65. The molecule has 0 spiro atoms. The van der Waals surface area contributed by atoms with Crippen molar-refractivity contribution in [1.82, 2.24) is 9.13 Å². The van der Waals surface area contributed by atoms with Crippen molar-refractivity contribution in [2.24, 2.45) is 0 Å². The molecule has 1 heterocycles. The Kier molecular flexibility index (Phi) is 3.41. The van der Waals surface area contributed by atoms with Gasteiger partial charge in [0, 0.05) is 19.3 Å². The second-order valence-electron chi connectivity index (χ2n) is 2.96. The van der Waals surface area contributed by atoms with Gasteiger partial charge in [-0.25, -0.2) is 0 Å². The van der Waals surface area contributed by atoms with E-state index in [1.165, 1.54) is 9.13 Å². The van der Waals surface area contributed by atoms with Gasteiger partial charge in [0.2, 0.25) is 5.88 Å². The van der Waals surface area contributed by atoms with Crippen molar-refractivity contribution in [1.29, 1.82) is 5.41 Å². The molecule has 2 N–H and O–H groups in total. The van der Waals surface area contributed by atoms with Crippen LogP contribution < -0.4 is 5.56 Å². The molecule has 0 aromatic carbocycles. The largest absolute Gasteiger partial charge is 0.494 e. The molecule has 0 amide bonds. The standard InChI is InChI=1S/C9H13N3O2S/c1-3-11-7(13)6(5-10)8(14)12(4-2)9(11)15/h5,10,13H,3-4H2,1-2H3. The molecule has 1 aromatic rings. The molecule has 1 rings (SSSR count). The number of hydrogen-bond acceptors (Lipinski definition) is 4. The van der Waals surface area contributed by atoms with Gasteiger partial charge in [0.1, 0.15) is 5.56 Å². The molecule has 15 heavy (non-hydrogen) atoms. The van der Waals surface area contributed by atoms with Gasteiger partial charge in [0.05, 0.1) is 0 Å². The molecule has 0 fully saturated rings. The first-order valence-corrected chi connectivity index (χ1v) is 5.06. The van der Waals surface area contributed by atoms with E-state index in [0.29, 0.717) is 13.1 Å². The fourth-order valence-electron chi connectivity index (χ4n) is 1.40. The smallest absolute Gasteiger partial charge is 0.267 e. The van der Waals surface area contributed by atoms with Crippen molar-refractivity contribution in [3.05, 3.63) is 20.7 Å². The zero-order valence-corrected chi connectivity index (χ0v) is 9.47. The third-order valence-electron chi connectivity index (χ3n) is 2.21. The molecule has 0 unspecified atom stereocenters. The Hall–Kier alpha value is -1.43. The summed E-state index contributed by atoms with van der Waals surface area (Å²) in [6.07, 6.45) is 0.852. The third-order valence-corrected chi connectivity index (χ3v) is 2.65. The van der Waals surface area contributed by atoms with Crippen LogP contribution in [0.2, 0.25) is 0 Å². The Balaban J connectivity index is 3.81. The van der Waals surface area contributed by atoms with Crippen molar-refractivity contribution in [3.8, 4) is 5.88 Å². The number of hydrogen-bond donors (Lipinski definition) is 2. The van der Waals surface area contributed by atoms with Gasteiger partial charge < -0.3 is 10.5 Å². The Morgan fingerprint density at radius 1 is 1.40 bits per heavy atom. The molecular formula is C9H13N3O2S. The minimum atomic E-state index is -0.417. The topological polar surface area (TPSA) is 71.0 Å². The Bertz CT molecular complexity index is 501. The maximum Gasteiger partial charge on any atom is 0.267 e. The molecule has 0 bridgehead atoms. The highest BCUT2D eigenvalue weighted by Crippen LogP contribution is 2.12. The average molecular weight is 227 g/mol. The van der Waals surface area contributed by atoms with Gasteiger partial charge in [0.25, 0.3) is 5.56 Å². The van der Waals surface area contributed by atoms with E-state index >= 15 is 0 Å². The second kappa shape index (κ2) is 4.39. The first-order valence-electron chi connectivity index (χ1n) is 4.65. The maximum atomic E-state index is 11.7. The molecule has 0 aliphatic heterocycles. The fourth-order valence-corrected chi connectivity index (χ4v) is 1.83. The number of aromatic nitrogens is 2. The average Bonchev–Trinajstić information content (AvgIpc) is 2.19. The molecule has 0 aliphatic carbocycles. The van der Waals surface area contributed by atoms with Crippen LogP contribution in [0.3, 0.4) is 0 Å². The first-order chi connectivity index (χ1) is 7.08. The van der Waals surface area contributed by atoms with E-state index in [2.05, 4.69) is 0 Å². The Morgan fingerprint density at radius 3 is 2.33 bits per heavy atom. The molecule has 0 atom stereocenters. The lowest BCUT2D eigenvalue weighted by atomic mass is 10.3. The predicted octanol–water partition coefficient (Wildman–Crippen LogP) is 1.12. The molecule has 0 radical (unpaired) electrons. The van der Waals surface area contributed by atoms with Crippen LogP contribution in [0.5, 0.6) is 5.88 Å². The van der Waals surface area contributed by atoms with Crippen LogP contribution in [0.1, 0.15) is 19.4 Å². The Labute approximate surface area is 92.1 Å². The summed E-state index contributed by atoms with van der Waals surface area (Å²) in [6.45, 7) is 4.50. The minimum absolute atomic E-state index is 0.0210. The summed E-state index contributed by atoms with van der Waals surface area (Å²) in [7, 11) is 0. The van der Waals surface area contributed by atoms with E-state index in [0.717, 1.165) is 6.21 Å². The van der Waals surface area contributed by atoms with E-state index in [4.69, 9.17) is 17.6 Å². The van der Waals surface area contributed by atoms with Crippen molar-refractivity contribution in [2.45, 2.75) is 26.9 Å². The Morgan fingerprint density at radius 2 is 1.93 bits per heavy atom. The van der Waals surface area contributed by atoms with Crippen LogP contribution >= 0.6 is 12.2 Å². The molecule has 82 valence electrons. The van der Waals surface area contributed by atoms with Crippen LogP contribution in [-0.4, -0.2) is 20.5 Å². The zero-order chi connectivity index (χ0) is 11.6. The summed E-state index contributed by atoms with van der Waals surface area (Å²) in [5, 5.41) is 16.8. The lowest BCUT2D eigenvalue weighted by Crippen LogP contribution is -2.27. The van der Waals surface area contributed by atoms with Crippen molar-refractivity contribution >= 4 is 18.4 Å². The number of aromatic hydroxyl groups is 1. The van der Waals surface area contributed by atoms with Gasteiger partial charge in [-0.2, -0.15) is 0 Å². The van der Waals surface area contributed by atoms with Gasteiger partial charge in [-0.1, -0.05) is 0 Å². The van der Waals surface area contributed by atoms with E-state index in [1.807, 2.05) is 6.92 Å². The highest BCUT2D eigenvalue weighted by Gasteiger charge is 2.12. The predicted molar refractivity (Wildman–Crippen MR) is 60.4 cm³/mol. The number of nitrogens with zero attached hydrogens (tertiary/aromatic N) is 2. The highest BCUT2D eigenvalue weighted by atomic mass is 32.1. The monoisotopic (exact) mass is 227 g/mol. The summed E-state index contributed by atoms with van der Waals surface area (Å²) in [4.78, 5) is 11.7.